The van der Waals surface area contributed by atoms with Crippen LogP contribution in [0.3, 0.4) is 0 Å². The molecule has 3 nitrogen and oxygen atoms in total. The number of hydrogen-bond donors (Lipinski definition) is 1. The number of nitrogen functional groups attached to an aromatic ring is 1. The molecule has 2 rings (SSSR count). The molecule has 1 aromatic rings. The molecule has 76 valence electrons. The van der Waals surface area contributed by atoms with Crippen molar-refractivity contribution in [2.75, 3.05) is 23.7 Å². The Balaban J connectivity index is 2.18. The lowest BCUT2D eigenvalue weighted by atomic mass is 10.1. The molecule has 0 amide bonds. The molecule has 0 bridgehead atoms. The fourth-order valence-electron chi connectivity index (χ4n) is 1.79. The van der Waals surface area contributed by atoms with E-state index in [0.29, 0.717) is 18.7 Å². The second-order valence-corrected chi connectivity index (χ2v) is 3.60. The van der Waals surface area contributed by atoms with Gasteiger partial charge in [0, 0.05) is 12.7 Å². The zero-order chi connectivity index (χ0) is 9.97. The van der Waals surface area contributed by atoms with Gasteiger partial charge in [0.1, 0.15) is 6.17 Å². The highest BCUT2D eigenvalue weighted by atomic mass is 19.1. The molecule has 2 N–H and O–H groups in total. The van der Waals surface area contributed by atoms with Crippen LogP contribution in [0.15, 0.2) is 18.3 Å². The SMILES string of the molecule is Nc1cccnc1N1CCC[C@H](F)C1. The van der Waals surface area contributed by atoms with Gasteiger partial charge in [-0.2, -0.15) is 0 Å². The van der Waals surface area contributed by atoms with Gasteiger partial charge in [0.2, 0.25) is 0 Å². The van der Waals surface area contributed by atoms with Crippen LogP contribution in [0.2, 0.25) is 0 Å². The molecule has 1 fully saturated rings. The second kappa shape index (κ2) is 3.82. The lowest BCUT2D eigenvalue weighted by molar-refractivity contribution is 0.286. The van der Waals surface area contributed by atoms with E-state index in [1.807, 2.05) is 4.90 Å². The Hall–Kier alpha value is -1.32. The molecule has 1 aromatic heterocycles. The summed E-state index contributed by atoms with van der Waals surface area (Å²) in [6, 6.07) is 3.58. The third-order valence-corrected chi connectivity index (χ3v) is 2.48. The molecule has 0 unspecified atom stereocenters. The average Bonchev–Trinajstić information content (AvgIpc) is 2.18. The fourth-order valence-corrected chi connectivity index (χ4v) is 1.79. The molecule has 1 saturated heterocycles. The average molecular weight is 195 g/mol. The van der Waals surface area contributed by atoms with Crippen LogP contribution in [0, 0.1) is 0 Å². The Morgan fingerprint density at radius 1 is 1.57 bits per heavy atom. The van der Waals surface area contributed by atoms with Gasteiger partial charge >= 0.3 is 0 Å². The first-order chi connectivity index (χ1) is 6.77. The predicted octanol–water partition coefficient (Wildman–Crippen LogP) is 1.60. The molecule has 14 heavy (non-hydrogen) atoms. The summed E-state index contributed by atoms with van der Waals surface area (Å²) in [7, 11) is 0. The predicted molar refractivity (Wildman–Crippen MR) is 55.0 cm³/mol. The van der Waals surface area contributed by atoms with Gasteiger partial charge in [0.15, 0.2) is 5.82 Å². The van der Waals surface area contributed by atoms with E-state index < -0.39 is 6.17 Å². The van der Waals surface area contributed by atoms with E-state index >= 15 is 0 Å². The number of pyridine rings is 1. The van der Waals surface area contributed by atoms with E-state index in [2.05, 4.69) is 4.98 Å². The van der Waals surface area contributed by atoms with Crippen molar-refractivity contribution in [3.63, 3.8) is 0 Å². The Labute approximate surface area is 82.7 Å². The Morgan fingerprint density at radius 3 is 3.14 bits per heavy atom. The first-order valence-corrected chi connectivity index (χ1v) is 4.87. The molecule has 0 spiro atoms. The van der Waals surface area contributed by atoms with Crippen LogP contribution in [0.5, 0.6) is 0 Å². The maximum absolute atomic E-state index is 13.1. The molecule has 0 saturated carbocycles. The van der Waals surface area contributed by atoms with Crippen molar-refractivity contribution >= 4 is 11.5 Å². The summed E-state index contributed by atoms with van der Waals surface area (Å²) in [5.74, 6) is 0.717. The van der Waals surface area contributed by atoms with E-state index in [0.717, 1.165) is 18.8 Å². The van der Waals surface area contributed by atoms with Crippen molar-refractivity contribution < 1.29 is 4.39 Å². The third-order valence-electron chi connectivity index (χ3n) is 2.48. The number of piperidine rings is 1. The summed E-state index contributed by atoms with van der Waals surface area (Å²) >= 11 is 0. The molecule has 0 radical (unpaired) electrons. The highest BCUT2D eigenvalue weighted by Crippen LogP contribution is 2.23. The van der Waals surface area contributed by atoms with Crippen LogP contribution in [-0.2, 0) is 0 Å². The summed E-state index contributed by atoms with van der Waals surface area (Å²) < 4.78 is 13.1. The molecule has 1 aliphatic heterocycles. The highest BCUT2D eigenvalue weighted by Gasteiger charge is 2.21. The summed E-state index contributed by atoms with van der Waals surface area (Å²) in [4.78, 5) is 6.09. The Kier molecular flexibility index (Phi) is 2.52. The summed E-state index contributed by atoms with van der Waals surface area (Å²) in [6.07, 6.45) is 2.47. The summed E-state index contributed by atoms with van der Waals surface area (Å²) in [6.45, 7) is 1.27. The topological polar surface area (TPSA) is 42.1 Å². The molecule has 1 atom stereocenters. The maximum Gasteiger partial charge on any atom is 0.151 e. The van der Waals surface area contributed by atoms with Crippen LogP contribution in [0.4, 0.5) is 15.9 Å². The van der Waals surface area contributed by atoms with E-state index in [1.54, 1.807) is 18.3 Å². The lowest BCUT2D eigenvalue weighted by Gasteiger charge is -2.30. The number of halogens is 1. The Morgan fingerprint density at radius 2 is 2.43 bits per heavy atom. The third kappa shape index (κ3) is 1.78. The molecule has 4 heteroatoms. The van der Waals surface area contributed by atoms with E-state index in [1.165, 1.54) is 0 Å². The number of aromatic nitrogens is 1. The molecular weight excluding hydrogens is 181 g/mol. The van der Waals surface area contributed by atoms with E-state index in [-0.39, 0.29) is 0 Å². The van der Waals surface area contributed by atoms with Gasteiger partial charge < -0.3 is 10.6 Å². The van der Waals surface area contributed by atoms with Crippen LogP contribution in [0.25, 0.3) is 0 Å². The smallest absolute Gasteiger partial charge is 0.151 e. The van der Waals surface area contributed by atoms with E-state index in [9.17, 15) is 4.39 Å². The standard InChI is InChI=1S/C10H14FN3/c11-8-3-2-6-14(7-8)10-9(12)4-1-5-13-10/h1,4-5,8H,2-3,6-7,12H2/t8-/m0/s1. The summed E-state index contributed by atoms with van der Waals surface area (Å²) in [5.41, 5.74) is 6.40. The van der Waals surface area contributed by atoms with Gasteiger partial charge in [-0.15, -0.1) is 0 Å². The van der Waals surface area contributed by atoms with Gasteiger partial charge in [-0.3, -0.25) is 0 Å². The molecular formula is C10H14FN3. The van der Waals surface area contributed by atoms with Crippen LogP contribution in [0.1, 0.15) is 12.8 Å². The normalized spacial score (nSPS) is 22.4. The fraction of sp³-hybridized carbons (Fsp3) is 0.500. The number of hydrogen-bond acceptors (Lipinski definition) is 3. The highest BCUT2D eigenvalue weighted by molar-refractivity contribution is 5.62. The van der Waals surface area contributed by atoms with Crippen molar-refractivity contribution in [3.05, 3.63) is 18.3 Å². The quantitative estimate of drug-likeness (QED) is 0.740. The van der Waals surface area contributed by atoms with Gasteiger partial charge in [0.25, 0.3) is 0 Å². The van der Waals surface area contributed by atoms with Crippen molar-refractivity contribution in [2.45, 2.75) is 19.0 Å². The molecule has 2 heterocycles. The lowest BCUT2D eigenvalue weighted by Crippen LogP contribution is -2.37. The number of nitrogens with zero attached hydrogens (tertiary/aromatic N) is 2. The second-order valence-electron chi connectivity index (χ2n) is 3.60. The van der Waals surface area contributed by atoms with Crippen LogP contribution < -0.4 is 10.6 Å². The van der Waals surface area contributed by atoms with Crippen LogP contribution in [-0.4, -0.2) is 24.2 Å². The zero-order valence-electron chi connectivity index (χ0n) is 7.99. The first-order valence-electron chi connectivity index (χ1n) is 4.87. The molecule has 0 aromatic carbocycles. The van der Waals surface area contributed by atoms with Gasteiger partial charge in [-0.25, -0.2) is 9.37 Å². The number of alkyl halides is 1. The van der Waals surface area contributed by atoms with E-state index in [4.69, 9.17) is 5.73 Å². The Bertz CT molecular complexity index is 316. The minimum Gasteiger partial charge on any atom is -0.396 e. The minimum atomic E-state index is -0.745. The van der Waals surface area contributed by atoms with Crippen molar-refractivity contribution in [1.29, 1.82) is 0 Å². The molecule has 0 aliphatic carbocycles. The number of anilines is 2. The first kappa shape index (κ1) is 9.24. The van der Waals surface area contributed by atoms with Crippen molar-refractivity contribution in [3.8, 4) is 0 Å². The monoisotopic (exact) mass is 195 g/mol. The van der Waals surface area contributed by atoms with Gasteiger partial charge in [0.05, 0.1) is 12.2 Å². The van der Waals surface area contributed by atoms with Crippen molar-refractivity contribution in [1.82, 2.24) is 4.98 Å². The minimum absolute atomic E-state index is 0.418. The van der Waals surface area contributed by atoms with Gasteiger partial charge in [-0.1, -0.05) is 0 Å². The zero-order valence-corrected chi connectivity index (χ0v) is 7.99. The van der Waals surface area contributed by atoms with Gasteiger partial charge in [-0.05, 0) is 25.0 Å². The number of nitrogens with two attached hydrogens (primary N) is 1. The maximum atomic E-state index is 13.1. The largest absolute Gasteiger partial charge is 0.396 e. The van der Waals surface area contributed by atoms with Crippen molar-refractivity contribution in [2.24, 2.45) is 0 Å². The number of rotatable bonds is 1. The van der Waals surface area contributed by atoms with Crippen LogP contribution >= 0.6 is 0 Å². The molecule has 1 aliphatic rings. The summed E-state index contributed by atoms with van der Waals surface area (Å²) in [5, 5.41) is 0.